The van der Waals surface area contributed by atoms with E-state index in [0.29, 0.717) is 23.0 Å². The van der Waals surface area contributed by atoms with Gasteiger partial charge in [0, 0.05) is 31.3 Å². The summed E-state index contributed by atoms with van der Waals surface area (Å²) in [6.07, 6.45) is 1.10. The summed E-state index contributed by atoms with van der Waals surface area (Å²) >= 11 is 4.93. The number of hydrogen-bond donors (Lipinski definition) is 1. The van der Waals surface area contributed by atoms with Gasteiger partial charge in [-0.15, -0.1) is 0 Å². The first-order chi connectivity index (χ1) is 9.10. The second-order valence-corrected chi connectivity index (χ2v) is 5.46. The fourth-order valence-corrected chi connectivity index (χ4v) is 2.65. The van der Waals surface area contributed by atoms with Crippen LogP contribution in [0.3, 0.4) is 0 Å². The Morgan fingerprint density at radius 1 is 1.58 bits per heavy atom. The standard InChI is InChI=1S/C14H19FN2OS/c1-18-9-10-4-5-17(7-10)8-12-6-11(14(16)19)2-3-13(12)15/h2-3,6,10H,4-5,7-9H2,1H3,(H2,16,19). The lowest BCUT2D eigenvalue weighted by molar-refractivity contribution is 0.152. The highest BCUT2D eigenvalue weighted by Gasteiger charge is 2.23. The molecule has 1 unspecified atom stereocenters. The van der Waals surface area contributed by atoms with Crippen molar-refractivity contribution in [2.75, 3.05) is 26.8 Å². The predicted molar refractivity (Wildman–Crippen MR) is 77.5 cm³/mol. The van der Waals surface area contributed by atoms with Crippen molar-refractivity contribution in [2.45, 2.75) is 13.0 Å². The van der Waals surface area contributed by atoms with E-state index in [1.54, 1.807) is 19.2 Å². The maximum Gasteiger partial charge on any atom is 0.127 e. The molecule has 1 heterocycles. The monoisotopic (exact) mass is 282 g/mol. The van der Waals surface area contributed by atoms with E-state index in [1.807, 2.05) is 0 Å². The Bertz CT molecular complexity index is 467. The van der Waals surface area contributed by atoms with Crippen LogP contribution in [0.4, 0.5) is 4.39 Å². The van der Waals surface area contributed by atoms with Crippen LogP contribution in [0.2, 0.25) is 0 Å². The number of thiocarbonyl (C=S) groups is 1. The molecule has 3 nitrogen and oxygen atoms in total. The quantitative estimate of drug-likeness (QED) is 0.838. The average Bonchev–Trinajstić information content (AvgIpc) is 2.80. The minimum atomic E-state index is -0.199. The summed E-state index contributed by atoms with van der Waals surface area (Å²) in [5.41, 5.74) is 6.96. The van der Waals surface area contributed by atoms with E-state index in [-0.39, 0.29) is 5.82 Å². The maximum absolute atomic E-state index is 13.8. The van der Waals surface area contributed by atoms with Gasteiger partial charge in [-0.2, -0.15) is 0 Å². The predicted octanol–water partition coefficient (Wildman–Crippen LogP) is 1.93. The van der Waals surface area contributed by atoms with Crippen LogP contribution < -0.4 is 5.73 Å². The Morgan fingerprint density at radius 3 is 3.05 bits per heavy atom. The molecule has 5 heteroatoms. The van der Waals surface area contributed by atoms with Crippen molar-refractivity contribution in [3.63, 3.8) is 0 Å². The minimum absolute atomic E-state index is 0.199. The molecule has 104 valence electrons. The second kappa shape index (κ2) is 6.41. The van der Waals surface area contributed by atoms with Crippen LogP contribution in [-0.2, 0) is 11.3 Å². The smallest absolute Gasteiger partial charge is 0.127 e. The molecule has 0 radical (unpaired) electrons. The number of nitrogens with zero attached hydrogens (tertiary/aromatic N) is 1. The molecular formula is C14H19FN2OS. The molecule has 1 fully saturated rings. The fourth-order valence-electron chi connectivity index (χ4n) is 2.52. The molecule has 0 bridgehead atoms. The summed E-state index contributed by atoms with van der Waals surface area (Å²) in [4.78, 5) is 2.55. The van der Waals surface area contributed by atoms with E-state index in [2.05, 4.69) is 4.90 Å². The topological polar surface area (TPSA) is 38.5 Å². The van der Waals surface area contributed by atoms with E-state index in [4.69, 9.17) is 22.7 Å². The van der Waals surface area contributed by atoms with Crippen molar-refractivity contribution >= 4 is 17.2 Å². The molecule has 0 amide bonds. The highest BCUT2D eigenvalue weighted by molar-refractivity contribution is 7.80. The molecule has 1 saturated heterocycles. The fraction of sp³-hybridized carbons (Fsp3) is 0.500. The third kappa shape index (κ3) is 3.72. The molecular weight excluding hydrogens is 263 g/mol. The largest absolute Gasteiger partial charge is 0.389 e. The van der Waals surface area contributed by atoms with Crippen LogP contribution in [0.25, 0.3) is 0 Å². The Balaban J connectivity index is 2.03. The SMILES string of the molecule is COCC1CCN(Cc2cc(C(N)=S)ccc2F)C1. The number of ether oxygens (including phenoxy) is 1. The van der Waals surface area contributed by atoms with Crippen LogP contribution in [-0.4, -0.2) is 36.7 Å². The first-order valence-corrected chi connectivity index (χ1v) is 6.80. The molecule has 1 aliphatic heterocycles. The maximum atomic E-state index is 13.8. The Morgan fingerprint density at radius 2 is 2.37 bits per heavy atom. The van der Waals surface area contributed by atoms with E-state index in [1.165, 1.54) is 6.07 Å². The summed E-state index contributed by atoms with van der Waals surface area (Å²) in [7, 11) is 1.72. The van der Waals surface area contributed by atoms with Crippen molar-refractivity contribution in [2.24, 2.45) is 11.7 Å². The average molecular weight is 282 g/mol. The second-order valence-electron chi connectivity index (χ2n) is 5.02. The van der Waals surface area contributed by atoms with Gasteiger partial charge in [0.15, 0.2) is 0 Å². The van der Waals surface area contributed by atoms with Gasteiger partial charge in [-0.3, -0.25) is 4.90 Å². The molecule has 1 aromatic rings. The Hall–Kier alpha value is -1.04. The summed E-state index contributed by atoms with van der Waals surface area (Å²) in [5.74, 6) is 0.349. The third-order valence-electron chi connectivity index (χ3n) is 3.50. The minimum Gasteiger partial charge on any atom is -0.389 e. The van der Waals surface area contributed by atoms with E-state index < -0.39 is 0 Å². The van der Waals surface area contributed by atoms with Gasteiger partial charge >= 0.3 is 0 Å². The Labute approximate surface area is 118 Å². The molecule has 0 aliphatic carbocycles. The van der Waals surface area contributed by atoms with Crippen LogP contribution in [0.5, 0.6) is 0 Å². The first-order valence-electron chi connectivity index (χ1n) is 6.39. The van der Waals surface area contributed by atoms with Gasteiger partial charge in [0.2, 0.25) is 0 Å². The zero-order valence-electron chi connectivity index (χ0n) is 11.1. The summed E-state index contributed by atoms with van der Waals surface area (Å²) in [6, 6.07) is 4.81. The van der Waals surface area contributed by atoms with Crippen molar-refractivity contribution in [1.82, 2.24) is 4.90 Å². The molecule has 1 atom stereocenters. The van der Waals surface area contributed by atoms with Crippen molar-refractivity contribution < 1.29 is 9.13 Å². The zero-order chi connectivity index (χ0) is 13.8. The van der Waals surface area contributed by atoms with Crippen LogP contribution in [0.15, 0.2) is 18.2 Å². The van der Waals surface area contributed by atoms with E-state index in [9.17, 15) is 4.39 Å². The lowest BCUT2D eigenvalue weighted by Crippen LogP contribution is -2.22. The van der Waals surface area contributed by atoms with Gasteiger partial charge in [-0.25, -0.2) is 4.39 Å². The first kappa shape index (κ1) is 14.4. The molecule has 0 spiro atoms. The number of likely N-dealkylation sites (tertiary alicyclic amines) is 1. The van der Waals surface area contributed by atoms with Gasteiger partial charge in [0.1, 0.15) is 10.8 Å². The zero-order valence-corrected chi connectivity index (χ0v) is 11.9. The van der Waals surface area contributed by atoms with Crippen LogP contribution in [0, 0.1) is 11.7 Å². The molecule has 19 heavy (non-hydrogen) atoms. The van der Waals surface area contributed by atoms with E-state index >= 15 is 0 Å². The molecule has 0 aromatic heterocycles. The third-order valence-corrected chi connectivity index (χ3v) is 3.73. The lowest BCUT2D eigenvalue weighted by atomic mass is 10.1. The van der Waals surface area contributed by atoms with Gasteiger partial charge < -0.3 is 10.5 Å². The van der Waals surface area contributed by atoms with Crippen LogP contribution in [0.1, 0.15) is 17.5 Å². The molecule has 2 N–H and O–H groups in total. The lowest BCUT2D eigenvalue weighted by Gasteiger charge is -2.17. The summed E-state index contributed by atoms with van der Waals surface area (Å²) < 4.78 is 19.0. The Kier molecular flexibility index (Phi) is 4.85. The number of benzene rings is 1. The molecule has 1 aromatic carbocycles. The van der Waals surface area contributed by atoms with Gasteiger partial charge in [0.25, 0.3) is 0 Å². The highest BCUT2D eigenvalue weighted by Crippen LogP contribution is 2.20. The van der Waals surface area contributed by atoms with Crippen LogP contribution >= 0.6 is 12.2 Å². The normalized spacial score (nSPS) is 19.8. The summed E-state index contributed by atoms with van der Waals surface area (Å²) in [6.45, 7) is 3.30. The molecule has 0 saturated carbocycles. The number of methoxy groups -OCH3 is 1. The van der Waals surface area contributed by atoms with Crippen molar-refractivity contribution in [3.05, 3.63) is 35.1 Å². The number of halogens is 1. The number of hydrogen-bond acceptors (Lipinski definition) is 3. The molecule has 2 rings (SSSR count). The summed E-state index contributed by atoms with van der Waals surface area (Å²) in [5, 5.41) is 0. The highest BCUT2D eigenvalue weighted by atomic mass is 32.1. The van der Waals surface area contributed by atoms with Gasteiger partial charge in [0.05, 0.1) is 6.61 Å². The number of rotatable bonds is 5. The van der Waals surface area contributed by atoms with Crippen molar-refractivity contribution in [1.29, 1.82) is 0 Å². The van der Waals surface area contributed by atoms with Crippen molar-refractivity contribution in [3.8, 4) is 0 Å². The van der Waals surface area contributed by atoms with Gasteiger partial charge in [-0.05, 0) is 37.1 Å². The van der Waals surface area contributed by atoms with E-state index in [0.717, 1.165) is 31.7 Å². The molecule has 1 aliphatic rings. The number of nitrogens with two attached hydrogens (primary N) is 1. The van der Waals surface area contributed by atoms with Gasteiger partial charge in [-0.1, -0.05) is 12.2 Å².